The van der Waals surface area contributed by atoms with Gasteiger partial charge in [-0.15, -0.1) is 0 Å². The van der Waals surface area contributed by atoms with Gasteiger partial charge in [-0.2, -0.15) is 0 Å². The van der Waals surface area contributed by atoms with Crippen LogP contribution in [-0.4, -0.2) is 72.6 Å². The molecular formula is C29H33FN4O3. The largest absolute Gasteiger partial charge is 0.502 e. The maximum Gasteiger partial charge on any atom is 0.293 e. The van der Waals surface area contributed by atoms with E-state index in [2.05, 4.69) is 56.3 Å². The smallest absolute Gasteiger partial charge is 0.293 e. The SMILES string of the molecule is O=c1[nH]cnc(C(CNCCF)Cc2ccc(C#Cc3ccc(CCN4CCOCC4)cc3)cc2)c1O. The van der Waals surface area contributed by atoms with Gasteiger partial charge in [0.2, 0.25) is 5.75 Å². The third-order valence-corrected chi connectivity index (χ3v) is 6.47. The van der Waals surface area contributed by atoms with Gasteiger partial charge in [0.15, 0.2) is 0 Å². The van der Waals surface area contributed by atoms with Gasteiger partial charge in [-0.1, -0.05) is 36.1 Å². The van der Waals surface area contributed by atoms with E-state index in [0.29, 0.717) is 18.7 Å². The van der Waals surface area contributed by atoms with Gasteiger partial charge in [-0.05, 0) is 48.2 Å². The van der Waals surface area contributed by atoms with Gasteiger partial charge in [0.25, 0.3) is 5.56 Å². The lowest BCUT2D eigenvalue weighted by atomic mass is 9.94. The van der Waals surface area contributed by atoms with E-state index in [-0.39, 0.29) is 12.5 Å². The second-order valence-electron chi connectivity index (χ2n) is 9.11. The molecule has 194 valence electrons. The Morgan fingerprint density at radius 3 is 2.35 bits per heavy atom. The van der Waals surface area contributed by atoms with E-state index in [9.17, 15) is 14.3 Å². The predicted octanol–water partition coefficient (Wildman–Crippen LogP) is 2.64. The van der Waals surface area contributed by atoms with Gasteiger partial charge in [0.1, 0.15) is 6.67 Å². The Bertz CT molecular complexity index is 1240. The molecule has 1 aromatic heterocycles. The zero-order valence-corrected chi connectivity index (χ0v) is 20.9. The van der Waals surface area contributed by atoms with Crippen molar-refractivity contribution >= 4 is 0 Å². The highest BCUT2D eigenvalue weighted by atomic mass is 19.1. The van der Waals surface area contributed by atoms with Crippen LogP contribution in [0.25, 0.3) is 0 Å². The monoisotopic (exact) mass is 504 g/mol. The summed E-state index contributed by atoms with van der Waals surface area (Å²) in [5.41, 5.74) is 3.88. The quantitative estimate of drug-likeness (QED) is 0.291. The number of ether oxygens (including phenoxy) is 1. The summed E-state index contributed by atoms with van der Waals surface area (Å²) < 4.78 is 18.0. The zero-order valence-electron chi connectivity index (χ0n) is 20.9. The minimum absolute atomic E-state index is 0.198. The molecule has 2 aromatic carbocycles. The third kappa shape index (κ3) is 7.99. The number of rotatable bonds is 10. The standard InChI is InChI=1S/C29H33FN4O3/c30-12-13-31-20-26(27-28(35)29(36)33-21-32-27)19-25-9-7-23(8-10-25)2-1-22-3-5-24(6-4-22)11-14-34-15-17-37-18-16-34/h3-10,21,26,31,35H,11-20H2,(H,32,33,36). The van der Waals surface area contributed by atoms with Gasteiger partial charge in [0, 0.05) is 49.8 Å². The predicted molar refractivity (Wildman–Crippen MR) is 142 cm³/mol. The van der Waals surface area contributed by atoms with Crippen LogP contribution in [-0.2, 0) is 17.6 Å². The molecule has 7 nitrogen and oxygen atoms in total. The first kappa shape index (κ1) is 26.6. The summed E-state index contributed by atoms with van der Waals surface area (Å²) in [7, 11) is 0. The molecule has 0 radical (unpaired) electrons. The molecule has 0 aliphatic carbocycles. The summed E-state index contributed by atoms with van der Waals surface area (Å²) >= 11 is 0. The highest BCUT2D eigenvalue weighted by Crippen LogP contribution is 2.23. The molecule has 0 saturated carbocycles. The summed E-state index contributed by atoms with van der Waals surface area (Å²) in [4.78, 5) is 20.8. The number of aromatic nitrogens is 2. The molecule has 0 spiro atoms. The van der Waals surface area contributed by atoms with Crippen molar-refractivity contribution in [1.29, 1.82) is 0 Å². The van der Waals surface area contributed by atoms with Crippen LogP contribution in [0.4, 0.5) is 4.39 Å². The van der Waals surface area contributed by atoms with Crippen molar-refractivity contribution in [3.05, 3.63) is 93.2 Å². The fraction of sp³-hybridized carbons (Fsp3) is 0.379. The van der Waals surface area contributed by atoms with Crippen LogP contribution < -0.4 is 10.9 Å². The first-order valence-corrected chi connectivity index (χ1v) is 12.7. The number of hydrogen-bond acceptors (Lipinski definition) is 6. The number of nitrogens with one attached hydrogen (secondary N) is 2. The maximum atomic E-state index is 12.6. The van der Waals surface area contributed by atoms with Crippen molar-refractivity contribution in [2.24, 2.45) is 0 Å². The van der Waals surface area contributed by atoms with Crippen molar-refractivity contribution in [2.45, 2.75) is 18.8 Å². The fourth-order valence-electron chi connectivity index (χ4n) is 4.33. The second kappa shape index (κ2) is 13.7. The highest BCUT2D eigenvalue weighted by Gasteiger charge is 2.19. The zero-order chi connectivity index (χ0) is 25.9. The van der Waals surface area contributed by atoms with Crippen molar-refractivity contribution in [1.82, 2.24) is 20.2 Å². The minimum Gasteiger partial charge on any atom is -0.502 e. The van der Waals surface area contributed by atoms with E-state index in [1.54, 1.807) is 0 Å². The molecule has 4 rings (SSSR count). The van der Waals surface area contributed by atoms with Gasteiger partial charge in [0.05, 0.1) is 25.2 Å². The van der Waals surface area contributed by atoms with E-state index in [4.69, 9.17) is 4.74 Å². The first-order chi connectivity index (χ1) is 18.1. The van der Waals surface area contributed by atoms with Crippen molar-refractivity contribution in [3.63, 3.8) is 0 Å². The van der Waals surface area contributed by atoms with Crippen LogP contribution in [0.2, 0.25) is 0 Å². The Balaban J connectivity index is 1.36. The van der Waals surface area contributed by atoms with E-state index in [0.717, 1.165) is 56.0 Å². The summed E-state index contributed by atoms with van der Waals surface area (Å²) in [6.45, 7) is 4.79. The van der Waals surface area contributed by atoms with E-state index < -0.39 is 18.0 Å². The molecule has 0 bridgehead atoms. The number of nitrogens with zero attached hydrogens (tertiary/aromatic N) is 2. The number of H-pyrrole nitrogens is 1. The molecular weight excluding hydrogens is 471 g/mol. The Morgan fingerprint density at radius 1 is 1.05 bits per heavy atom. The number of morpholine rings is 1. The Labute approximate surface area is 216 Å². The van der Waals surface area contributed by atoms with Crippen LogP contribution in [0.5, 0.6) is 5.75 Å². The molecule has 1 fully saturated rings. The average Bonchev–Trinajstić information content (AvgIpc) is 2.94. The van der Waals surface area contributed by atoms with Gasteiger partial charge < -0.3 is 20.1 Å². The molecule has 2 heterocycles. The number of aromatic hydroxyl groups is 1. The Hall–Kier alpha value is -3.51. The number of hydrogen-bond donors (Lipinski definition) is 3. The molecule has 1 aliphatic rings. The van der Waals surface area contributed by atoms with Crippen LogP contribution in [0.1, 0.15) is 33.9 Å². The van der Waals surface area contributed by atoms with Crippen molar-refractivity contribution in [3.8, 4) is 17.6 Å². The molecule has 1 unspecified atom stereocenters. The van der Waals surface area contributed by atoms with Crippen molar-refractivity contribution in [2.75, 3.05) is 52.6 Å². The van der Waals surface area contributed by atoms with E-state index in [1.165, 1.54) is 11.9 Å². The molecule has 8 heteroatoms. The number of benzene rings is 2. The molecule has 37 heavy (non-hydrogen) atoms. The van der Waals surface area contributed by atoms with Gasteiger partial charge in [-0.25, -0.2) is 9.37 Å². The lowest BCUT2D eigenvalue weighted by Gasteiger charge is -2.26. The number of aromatic amines is 1. The summed E-state index contributed by atoms with van der Waals surface area (Å²) in [6, 6.07) is 16.3. The van der Waals surface area contributed by atoms with Gasteiger partial charge in [-0.3, -0.25) is 9.69 Å². The lowest BCUT2D eigenvalue weighted by Crippen LogP contribution is -2.37. The third-order valence-electron chi connectivity index (χ3n) is 6.47. The molecule has 1 atom stereocenters. The van der Waals surface area contributed by atoms with E-state index in [1.807, 2.05) is 24.3 Å². The van der Waals surface area contributed by atoms with Crippen LogP contribution in [0.15, 0.2) is 59.7 Å². The van der Waals surface area contributed by atoms with Crippen LogP contribution in [0.3, 0.4) is 0 Å². The van der Waals surface area contributed by atoms with Crippen LogP contribution >= 0.6 is 0 Å². The van der Waals surface area contributed by atoms with Gasteiger partial charge >= 0.3 is 0 Å². The minimum atomic E-state index is -0.587. The lowest BCUT2D eigenvalue weighted by molar-refractivity contribution is 0.0384. The maximum absolute atomic E-state index is 12.6. The molecule has 3 N–H and O–H groups in total. The fourth-order valence-corrected chi connectivity index (χ4v) is 4.33. The summed E-state index contributed by atoms with van der Waals surface area (Å²) in [5.74, 6) is 5.75. The molecule has 1 aliphatic heterocycles. The topological polar surface area (TPSA) is 90.5 Å². The highest BCUT2D eigenvalue weighted by molar-refractivity contribution is 5.44. The summed E-state index contributed by atoms with van der Waals surface area (Å²) in [5, 5.41) is 13.2. The summed E-state index contributed by atoms with van der Waals surface area (Å²) in [6.07, 6.45) is 2.82. The normalized spacial score (nSPS) is 14.6. The first-order valence-electron chi connectivity index (χ1n) is 12.7. The average molecular weight is 505 g/mol. The number of halogens is 1. The molecule has 0 amide bonds. The molecule has 3 aromatic rings. The Kier molecular flexibility index (Phi) is 9.83. The number of alkyl halides is 1. The Morgan fingerprint density at radius 2 is 1.70 bits per heavy atom. The van der Waals surface area contributed by atoms with Crippen LogP contribution in [0, 0.1) is 11.8 Å². The van der Waals surface area contributed by atoms with Crippen molar-refractivity contribution < 1.29 is 14.2 Å². The molecule has 1 saturated heterocycles. The second-order valence-corrected chi connectivity index (χ2v) is 9.11. The van der Waals surface area contributed by atoms with E-state index >= 15 is 0 Å².